The van der Waals surface area contributed by atoms with Crippen LogP contribution in [0.2, 0.25) is 0 Å². The Morgan fingerprint density at radius 3 is 2.13 bits per heavy atom. The minimum atomic E-state index is -4.55. The Morgan fingerprint density at radius 1 is 0.933 bits per heavy atom. The van der Waals surface area contributed by atoms with E-state index >= 15 is 0 Å². The maximum absolute atomic E-state index is 12.7. The third kappa shape index (κ3) is 1.67. The lowest BCUT2D eigenvalue weighted by atomic mass is 10.2. The number of benzene rings is 1. The van der Waals surface area contributed by atoms with Crippen LogP contribution in [0.15, 0.2) is 18.2 Å². The summed E-state index contributed by atoms with van der Waals surface area (Å²) in [6, 6.07) is 2.15. The third-order valence-corrected chi connectivity index (χ3v) is 1.97. The molecule has 1 aromatic heterocycles. The van der Waals surface area contributed by atoms with Gasteiger partial charge >= 0.3 is 6.18 Å². The number of alkyl halides is 3. The summed E-state index contributed by atoms with van der Waals surface area (Å²) in [6.07, 6.45) is -4.55. The van der Waals surface area contributed by atoms with E-state index in [-0.39, 0.29) is 10.9 Å². The Kier molecular flexibility index (Phi) is 1.95. The minimum Gasteiger partial charge on any atom is -0.351 e. The van der Waals surface area contributed by atoms with Crippen molar-refractivity contribution in [3.8, 4) is 0 Å². The van der Waals surface area contributed by atoms with Crippen LogP contribution in [0.3, 0.4) is 0 Å². The summed E-state index contributed by atoms with van der Waals surface area (Å²) in [6.45, 7) is 0. The highest BCUT2D eigenvalue weighted by atomic mass is 19.4. The molecule has 2 rings (SSSR count). The molecule has 0 bridgehead atoms. The van der Waals surface area contributed by atoms with E-state index in [4.69, 9.17) is 0 Å². The number of rotatable bonds is 0. The van der Waals surface area contributed by atoms with Crippen LogP contribution >= 0.6 is 0 Å². The summed E-state index contributed by atoms with van der Waals surface area (Å²) in [5.74, 6) is -2.35. The molecule has 0 radical (unpaired) electrons. The van der Waals surface area contributed by atoms with Crippen molar-refractivity contribution in [2.45, 2.75) is 6.18 Å². The van der Waals surface area contributed by atoms with E-state index in [0.29, 0.717) is 6.07 Å². The SMILES string of the molecule is Fc1cc2cc(C(F)(F)F)[nH]c2cc1F. The molecule has 0 aliphatic heterocycles. The molecule has 0 fully saturated rings. The van der Waals surface area contributed by atoms with Crippen molar-refractivity contribution in [2.75, 3.05) is 0 Å². The monoisotopic (exact) mass is 221 g/mol. The van der Waals surface area contributed by atoms with Crippen molar-refractivity contribution in [3.63, 3.8) is 0 Å². The van der Waals surface area contributed by atoms with Crippen LogP contribution in [0.1, 0.15) is 5.69 Å². The average molecular weight is 221 g/mol. The summed E-state index contributed by atoms with van der Waals surface area (Å²) in [7, 11) is 0. The molecule has 1 N–H and O–H groups in total. The highest BCUT2D eigenvalue weighted by Gasteiger charge is 2.32. The Morgan fingerprint density at radius 2 is 1.53 bits per heavy atom. The van der Waals surface area contributed by atoms with E-state index in [2.05, 4.69) is 0 Å². The molecule has 0 saturated carbocycles. The van der Waals surface area contributed by atoms with E-state index in [9.17, 15) is 22.0 Å². The van der Waals surface area contributed by atoms with Crippen LogP contribution in [-0.2, 0) is 6.18 Å². The first kappa shape index (κ1) is 9.95. The summed E-state index contributed by atoms with van der Waals surface area (Å²) in [4.78, 5) is 1.97. The van der Waals surface area contributed by atoms with E-state index < -0.39 is 23.5 Å². The fraction of sp³-hybridized carbons (Fsp3) is 0.111. The number of halogens is 5. The number of H-pyrrole nitrogens is 1. The van der Waals surface area contributed by atoms with Crippen LogP contribution in [0.4, 0.5) is 22.0 Å². The van der Waals surface area contributed by atoms with Gasteiger partial charge < -0.3 is 4.98 Å². The van der Waals surface area contributed by atoms with Crippen molar-refractivity contribution >= 4 is 10.9 Å². The van der Waals surface area contributed by atoms with Gasteiger partial charge in [-0.25, -0.2) is 8.78 Å². The van der Waals surface area contributed by atoms with Gasteiger partial charge in [0.25, 0.3) is 0 Å². The molecule has 0 aliphatic rings. The molecule has 0 saturated heterocycles. The Bertz CT molecular complexity index is 472. The number of aromatic nitrogens is 1. The van der Waals surface area contributed by atoms with E-state index in [1.54, 1.807) is 0 Å². The second kappa shape index (κ2) is 2.95. The molecule has 1 aromatic carbocycles. The average Bonchev–Trinajstić information content (AvgIpc) is 2.47. The van der Waals surface area contributed by atoms with Crippen LogP contribution in [-0.4, -0.2) is 4.98 Å². The number of aromatic amines is 1. The summed E-state index contributed by atoms with van der Waals surface area (Å²) in [5, 5.41) is -0.0128. The Balaban J connectivity index is 2.66. The van der Waals surface area contributed by atoms with Crippen LogP contribution in [0, 0.1) is 11.6 Å². The zero-order valence-electron chi connectivity index (χ0n) is 7.12. The minimum absolute atomic E-state index is 0.0128. The van der Waals surface area contributed by atoms with Crippen LogP contribution < -0.4 is 0 Å². The summed E-state index contributed by atoms with van der Waals surface area (Å²) >= 11 is 0. The molecule has 6 heteroatoms. The second-order valence-electron chi connectivity index (χ2n) is 3.03. The fourth-order valence-corrected chi connectivity index (χ4v) is 1.28. The largest absolute Gasteiger partial charge is 0.431 e. The van der Waals surface area contributed by atoms with E-state index in [1.165, 1.54) is 0 Å². The normalized spacial score (nSPS) is 12.3. The highest BCUT2D eigenvalue weighted by molar-refractivity contribution is 5.80. The lowest BCUT2D eigenvalue weighted by Crippen LogP contribution is -2.04. The lowest BCUT2D eigenvalue weighted by Gasteiger charge is -2.00. The number of nitrogens with one attached hydrogen (secondary N) is 1. The van der Waals surface area contributed by atoms with Gasteiger partial charge in [0.15, 0.2) is 11.6 Å². The van der Waals surface area contributed by atoms with Gasteiger partial charge in [0.1, 0.15) is 5.69 Å². The van der Waals surface area contributed by atoms with Gasteiger partial charge in [-0.3, -0.25) is 0 Å². The lowest BCUT2D eigenvalue weighted by molar-refractivity contribution is -0.140. The molecule has 0 amide bonds. The second-order valence-corrected chi connectivity index (χ2v) is 3.03. The number of hydrogen-bond donors (Lipinski definition) is 1. The van der Waals surface area contributed by atoms with Crippen molar-refractivity contribution in [1.29, 1.82) is 0 Å². The van der Waals surface area contributed by atoms with Gasteiger partial charge in [0.2, 0.25) is 0 Å². The smallest absolute Gasteiger partial charge is 0.351 e. The van der Waals surface area contributed by atoms with Crippen LogP contribution in [0.25, 0.3) is 10.9 Å². The first-order valence-corrected chi connectivity index (χ1v) is 3.93. The van der Waals surface area contributed by atoms with Crippen molar-refractivity contribution in [1.82, 2.24) is 4.98 Å². The molecular formula is C9H4F5N. The maximum Gasteiger partial charge on any atom is 0.431 e. The van der Waals surface area contributed by atoms with Crippen molar-refractivity contribution in [2.24, 2.45) is 0 Å². The molecule has 2 aromatic rings. The highest BCUT2D eigenvalue weighted by Crippen LogP contribution is 2.31. The molecule has 0 spiro atoms. The van der Waals surface area contributed by atoms with Gasteiger partial charge in [0.05, 0.1) is 0 Å². The van der Waals surface area contributed by atoms with Crippen molar-refractivity contribution in [3.05, 3.63) is 35.5 Å². The molecule has 15 heavy (non-hydrogen) atoms. The van der Waals surface area contributed by atoms with Gasteiger partial charge in [-0.05, 0) is 12.1 Å². The first-order valence-electron chi connectivity index (χ1n) is 3.93. The van der Waals surface area contributed by atoms with E-state index in [0.717, 1.165) is 12.1 Å². The molecule has 0 aliphatic carbocycles. The fourth-order valence-electron chi connectivity index (χ4n) is 1.28. The van der Waals surface area contributed by atoms with E-state index in [1.807, 2.05) is 4.98 Å². The standard InChI is InChI=1S/C9H4F5N/c10-5-1-4-2-8(9(12,13)14)15-7(4)3-6(5)11/h1-3,15H. The summed E-state index contributed by atoms with van der Waals surface area (Å²) < 4.78 is 62.0. The predicted molar refractivity (Wildman–Crippen MR) is 43.2 cm³/mol. The summed E-state index contributed by atoms with van der Waals surface area (Å²) in [5.41, 5.74) is -1.11. The van der Waals surface area contributed by atoms with Crippen molar-refractivity contribution < 1.29 is 22.0 Å². The van der Waals surface area contributed by atoms with Crippen LogP contribution in [0.5, 0.6) is 0 Å². The molecule has 1 nitrogen and oxygen atoms in total. The molecule has 0 unspecified atom stereocenters. The topological polar surface area (TPSA) is 15.8 Å². The molecule has 80 valence electrons. The van der Waals surface area contributed by atoms with Gasteiger partial charge in [-0.1, -0.05) is 0 Å². The molecule has 1 heterocycles. The van der Waals surface area contributed by atoms with Gasteiger partial charge in [-0.15, -0.1) is 0 Å². The zero-order chi connectivity index (χ0) is 11.2. The first-order chi connectivity index (χ1) is 6.88. The molecular weight excluding hydrogens is 217 g/mol. The van der Waals surface area contributed by atoms with Gasteiger partial charge in [-0.2, -0.15) is 13.2 Å². The zero-order valence-corrected chi connectivity index (χ0v) is 7.12. The molecule has 0 atom stereocenters. The number of hydrogen-bond acceptors (Lipinski definition) is 0. The quantitative estimate of drug-likeness (QED) is 0.655. The number of fused-ring (bicyclic) bond motifs is 1. The third-order valence-electron chi connectivity index (χ3n) is 1.97. The Hall–Kier alpha value is -1.59. The Labute approximate surface area is 80.5 Å². The van der Waals surface area contributed by atoms with Gasteiger partial charge in [0, 0.05) is 17.0 Å². The predicted octanol–water partition coefficient (Wildman–Crippen LogP) is 3.46. The maximum atomic E-state index is 12.7.